The Morgan fingerprint density at radius 1 is 1.08 bits per heavy atom. The molecule has 2 rings (SSSR count). The van der Waals surface area contributed by atoms with Crippen LogP contribution in [0.2, 0.25) is 0 Å². The van der Waals surface area contributed by atoms with Crippen molar-refractivity contribution >= 4 is 35.8 Å². The highest BCUT2D eigenvalue weighted by atomic mass is 16.6. The highest BCUT2D eigenvalue weighted by molar-refractivity contribution is 6.07. The second-order valence-electron chi connectivity index (χ2n) is 9.17. The molecule has 0 aliphatic carbocycles. The lowest BCUT2D eigenvalue weighted by Gasteiger charge is -2.36. The number of nitrogens with zero attached hydrogens (tertiary/aromatic N) is 3. The van der Waals surface area contributed by atoms with Crippen molar-refractivity contribution in [2.24, 2.45) is 5.73 Å². The van der Waals surface area contributed by atoms with Crippen LogP contribution >= 0.6 is 0 Å². The Bertz CT molecular complexity index is 1040. The lowest BCUT2D eigenvalue weighted by molar-refractivity contribution is -0.177. The summed E-state index contributed by atoms with van der Waals surface area (Å²) in [5.41, 5.74) is 3.12. The zero-order chi connectivity index (χ0) is 27.3. The van der Waals surface area contributed by atoms with Gasteiger partial charge in [0.15, 0.2) is 0 Å². The van der Waals surface area contributed by atoms with E-state index in [2.05, 4.69) is 0 Å². The molecule has 0 radical (unpaired) electrons. The lowest BCUT2D eigenvalue weighted by atomic mass is 10.00. The van der Waals surface area contributed by atoms with Crippen LogP contribution in [0.25, 0.3) is 0 Å². The fourth-order valence-electron chi connectivity index (χ4n) is 3.17. The van der Waals surface area contributed by atoms with Crippen molar-refractivity contribution in [1.82, 2.24) is 14.9 Å². The van der Waals surface area contributed by atoms with Crippen molar-refractivity contribution in [3.63, 3.8) is 0 Å². The third-order valence-corrected chi connectivity index (χ3v) is 4.95. The molecule has 36 heavy (non-hydrogen) atoms. The van der Waals surface area contributed by atoms with Gasteiger partial charge in [-0.25, -0.2) is 19.4 Å². The summed E-state index contributed by atoms with van der Waals surface area (Å²) < 4.78 is 10.5. The first-order valence-electron chi connectivity index (χ1n) is 11.0. The van der Waals surface area contributed by atoms with Crippen LogP contribution in [-0.2, 0) is 40.1 Å². The third kappa shape index (κ3) is 7.01. The summed E-state index contributed by atoms with van der Waals surface area (Å²) in [6, 6.07) is 7.53. The Morgan fingerprint density at radius 2 is 1.69 bits per heavy atom. The summed E-state index contributed by atoms with van der Waals surface area (Å²) in [7, 11) is 0. The van der Waals surface area contributed by atoms with Gasteiger partial charge in [0, 0.05) is 13.5 Å². The summed E-state index contributed by atoms with van der Waals surface area (Å²) in [5.74, 6) is -5.42. The van der Waals surface area contributed by atoms with Gasteiger partial charge in [0.05, 0.1) is 13.0 Å². The predicted octanol–water partition coefficient (Wildman–Crippen LogP) is 0.271. The number of carbonyl (C=O) groups is 6. The minimum atomic E-state index is -2.61. The van der Waals surface area contributed by atoms with E-state index in [9.17, 15) is 28.8 Å². The molecular weight excluding hydrogens is 476 g/mol. The largest absolute Gasteiger partial charge is 0.481 e. The van der Waals surface area contributed by atoms with Gasteiger partial charge in [-0.3, -0.25) is 14.4 Å². The zero-order valence-electron chi connectivity index (χ0n) is 20.6. The number of hydrazine groups is 1. The average molecular weight is 507 g/mol. The van der Waals surface area contributed by atoms with E-state index in [0.29, 0.717) is 15.6 Å². The normalized spacial score (nSPS) is 15.4. The van der Waals surface area contributed by atoms with E-state index < -0.39 is 66.4 Å². The number of aliphatic carboxylic acids is 1. The quantitative estimate of drug-likeness (QED) is 0.254. The Hall–Kier alpha value is -4.00. The molecule has 0 spiro atoms. The number of ether oxygens (including phenoxy) is 2. The van der Waals surface area contributed by atoms with E-state index in [1.54, 1.807) is 30.3 Å². The number of carbonyl (C=O) groups excluding carboxylic acids is 5. The molecule has 13 heteroatoms. The molecule has 0 bridgehead atoms. The van der Waals surface area contributed by atoms with Gasteiger partial charge >= 0.3 is 23.9 Å². The van der Waals surface area contributed by atoms with Gasteiger partial charge in [-0.15, -0.1) is 0 Å². The van der Waals surface area contributed by atoms with Crippen LogP contribution in [0.5, 0.6) is 0 Å². The monoisotopic (exact) mass is 506 g/mol. The van der Waals surface area contributed by atoms with Gasteiger partial charge in [-0.2, -0.15) is 5.01 Å². The zero-order valence-corrected chi connectivity index (χ0v) is 20.6. The van der Waals surface area contributed by atoms with Crippen molar-refractivity contribution in [2.45, 2.75) is 51.9 Å². The molecule has 4 amide bonds. The number of carboxylic acid groups (broad SMARTS) is 1. The Labute approximate surface area is 207 Å². The van der Waals surface area contributed by atoms with Crippen LogP contribution in [0.15, 0.2) is 30.3 Å². The van der Waals surface area contributed by atoms with Crippen LogP contribution in [0.3, 0.4) is 0 Å². The second kappa shape index (κ2) is 11.2. The molecule has 1 unspecified atom stereocenters. The van der Waals surface area contributed by atoms with Gasteiger partial charge < -0.3 is 25.2 Å². The first kappa shape index (κ1) is 28.2. The fraction of sp³-hybridized carbons (Fsp3) is 0.478. The summed E-state index contributed by atoms with van der Waals surface area (Å²) in [6.07, 6.45) is -0.433. The van der Waals surface area contributed by atoms with E-state index in [0.717, 1.165) is 11.8 Å². The maximum atomic E-state index is 13.1. The average Bonchev–Trinajstić information content (AvgIpc) is 3.06. The second-order valence-corrected chi connectivity index (χ2v) is 9.17. The van der Waals surface area contributed by atoms with Gasteiger partial charge in [0.1, 0.15) is 18.8 Å². The molecule has 1 heterocycles. The third-order valence-electron chi connectivity index (χ3n) is 4.95. The number of esters is 2. The van der Waals surface area contributed by atoms with E-state index in [1.165, 1.54) is 20.8 Å². The summed E-state index contributed by atoms with van der Waals surface area (Å²) in [6.45, 7) is 3.64. The molecule has 1 aromatic rings. The molecule has 3 N–H and O–H groups in total. The van der Waals surface area contributed by atoms with Crippen molar-refractivity contribution in [3.05, 3.63) is 35.9 Å². The number of urea groups is 1. The first-order chi connectivity index (χ1) is 16.7. The first-order valence-corrected chi connectivity index (χ1v) is 11.0. The van der Waals surface area contributed by atoms with Crippen LogP contribution < -0.4 is 5.73 Å². The van der Waals surface area contributed by atoms with E-state index >= 15 is 0 Å². The number of carboxylic acids is 1. The van der Waals surface area contributed by atoms with Gasteiger partial charge in [-0.05, 0) is 26.3 Å². The number of nitrogens with two attached hydrogens (primary N) is 1. The predicted molar refractivity (Wildman–Crippen MR) is 122 cm³/mol. The SMILES string of the molecule is CC(=O)N(CC(N)(C(=O)OCc1ccccc1)C(=O)OC(C)(C)C)N1C(=O)CN(CCC(=O)O)C1=O. The molecular formula is C23H30N4O9. The van der Waals surface area contributed by atoms with E-state index in [4.69, 9.17) is 20.3 Å². The van der Waals surface area contributed by atoms with Crippen LogP contribution in [0, 0.1) is 0 Å². The molecule has 1 fully saturated rings. The van der Waals surface area contributed by atoms with Gasteiger partial charge in [0.2, 0.25) is 11.4 Å². The smallest absolute Gasteiger partial charge is 0.346 e. The molecule has 196 valence electrons. The van der Waals surface area contributed by atoms with Gasteiger partial charge in [0.25, 0.3) is 5.91 Å². The van der Waals surface area contributed by atoms with Crippen molar-refractivity contribution in [1.29, 1.82) is 0 Å². The van der Waals surface area contributed by atoms with E-state index in [-0.39, 0.29) is 13.2 Å². The molecule has 13 nitrogen and oxygen atoms in total. The molecule has 1 atom stereocenters. The maximum Gasteiger partial charge on any atom is 0.346 e. The number of imide groups is 1. The molecule has 0 aromatic heterocycles. The highest BCUT2D eigenvalue weighted by Crippen LogP contribution is 2.21. The van der Waals surface area contributed by atoms with Crippen molar-refractivity contribution in [2.75, 3.05) is 19.6 Å². The fourth-order valence-corrected chi connectivity index (χ4v) is 3.17. The lowest BCUT2D eigenvalue weighted by Crippen LogP contribution is -2.67. The van der Waals surface area contributed by atoms with Crippen molar-refractivity contribution < 1.29 is 43.3 Å². The minimum absolute atomic E-state index is 0.244. The summed E-state index contributed by atoms with van der Waals surface area (Å²) in [5, 5.41) is 9.86. The maximum absolute atomic E-state index is 13.1. The summed E-state index contributed by atoms with van der Waals surface area (Å²) >= 11 is 0. The Balaban J connectivity index is 2.35. The molecule has 1 aliphatic rings. The number of rotatable bonds is 10. The van der Waals surface area contributed by atoms with Crippen LogP contribution in [0.1, 0.15) is 39.7 Å². The van der Waals surface area contributed by atoms with E-state index in [1.807, 2.05) is 0 Å². The summed E-state index contributed by atoms with van der Waals surface area (Å²) in [4.78, 5) is 75.8. The molecule has 1 saturated heterocycles. The van der Waals surface area contributed by atoms with Crippen LogP contribution in [-0.4, -0.2) is 86.6 Å². The van der Waals surface area contributed by atoms with Crippen molar-refractivity contribution in [3.8, 4) is 0 Å². The number of hydrogen-bond acceptors (Lipinski definition) is 9. The number of benzene rings is 1. The Morgan fingerprint density at radius 3 is 2.22 bits per heavy atom. The topological polar surface area (TPSA) is 177 Å². The molecule has 1 aromatic carbocycles. The molecule has 0 saturated carbocycles. The minimum Gasteiger partial charge on any atom is -0.481 e. The number of amides is 4. The molecule has 1 aliphatic heterocycles. The highest BCUT2D eigenvalue weighted by Gasteiger charge is 2.52. The number of hydrogen-bond donors (Lipinski definition) is 2. The van der Waals surface area contributed by atoms with Gasteiger partial charge in [-0.1, -0.05) is 30.3 Å². The Kier molecular flexibility index (Phi) is 8.75. The van der Waals surface area contributed by atoms with Crippen LogP contribution in [0.4, 0.5) is 4.79 Å². The standard InChI is InChI=1S/C23H30N4O9/c1-15(28)26(27-17(29)12-25(21(27)34)11-10-18(30)31)14-23(24,20(33)36-22(2,3)4)19(32)35-13-16-8-6-5-7-9-16/h5-9H,10-14,24H2,1-4H3,(H,30,31).